The van der Waals surface area contributed by atoms with Gasteiger partial charge >= 0.3 is 5.97 Å². The van der Waals surface area contributed by atoms with Crippen molar-refractivity contribution >= 4 is 23.0 Å². The normalized spacial score (nSPS) is 12.3. The number of aliphatic hydroxyl groups is 1. The molecule has 0 fully saturated rings. The standard InChI is InChI=1S/C12H13N3O5/c1-6-8-4-7(5-13-11(8)20-15-6)10(17)14-9(2-3-16)12(18)19/h4-5,9,16H,2-3H2,1H3,(H,14,17)(H,18,19). The van der Waals surface area contributed by atoms with Gasteiger partial charge in [-0.2, -0.15) is 0 Å². The van der Waals surface area contributed by atoms with Gasteiger partial charge in [0.05, 0.1) is 16.6 Å². The van der Waals surface area contributed by atoms with E-state index >= 15 is 0 Å². The number of aliphatic carboxylic acids is 1. The largest absolute Gasteiger partial charge is 0.480 e. The van der Waals surface area contributed by atoms with E-state index in [4.69, 9.17) is 14.7 Å². The van der Waals surface area contributed by atoms with Crippen LogP contribution in [0.2, 0.25) is 0 Å². The summed E-state index contributed by atoms with van der Waals surface area (Å²) in [5, 5.41) is 24.3. The fourth-order valence-corrected chi connectivity index (χ4v) is 1.70. The maximum atomic E-state index is 12.0. The molecule has 0 aliphatic heterocycles. The molecule has 2 heterocycles. The fourth-order valence-electron chi connectivity index (χ4n) is 1.70. The summed E-state index contributed by atoms with van der Waals surface area (Å²) in [6.07, 6.45) is 1.21. The van der Waals surface area contributed by atoms with Crippen molar-refractivity contribution in [3.05, 3.63) is 23.5 Å². The topological polar surface area (TPSA) is 126 Å². The first-order valence-electron chi connectivity index (χ1n) is 5.89. The van der Waals surface area contributed by atoms with Gasteiger partial charge in [-0.3, -0.25) is 4.79 Å². The molecule has 1 unspecified atom stereocenters. The number of carboxylic acid groups (broad SMARTS) is 1. The monoisotopic (exact) mass is 279 g/mol. The number of pyridine rings is 1. The third-order valence-electron chi connectivity index (χ3n) is 2.79. The first kappa shape index (κ1) is 13.9. The lowest BCUT2D eigenvalue weighted by molar-refractivity contribution is -0.139. The van der Waals surface area contributed by atoms with Crippen molar-refractivity contribution in [3.8, 4) is 0 Å². The lowest BCUT2D eigenvalue weighted by Gasteiger charge is -2.12. The second-order valence-electron chi connectivity index (χ2n) is 4.22. The van der Waals surface area contributed by atoms with Crippen molar-refractivity contribution in [1.29, 1.82) is 0 Å². The van der Waals surface area contributed by atoms with E-state index in [-0.39, 0.29) is 18.6 Å². The molecule has 2 aromatic rings. The summed E-state index contributed by atoms with van der Waals surface area (Å²) in [5.41, 5.74) is 1.10. The molecule has 1 amide bonds. The maximum absolute atomic E-state index is 12.0. The van der Waals surface area contributed by atoms with E-state index in [2.05, 4.69) is 15.5 Å². The minimum absolute atomic E-state index is 0.0664. The molecule has 0 saturated carbocycles. The Morgan fingerprint density at radius 1 is 1.50 bits per heavy atom. The average Bonchev–Trinajstić information content (AvgIpc) is 2.79. The fraction of sp³-hybridized carbons (Fsp3) is 0.333. The number of nitrogens with zero attached hydrogens (tertiary/aromatic N) is 2. The Morgan fingerprint density at radius 2 is 2.25 bits per heavy atom. The molecule has 8 nitrogen and oxygen atoms in total. The van der Waals surface area contributed by atoms with Gasteiger partial charge in [0.15, 0.2) is 0 Å². The lowest BCUT2D eigenvalue weighted by Crippen LogP contribution is -2.41. The summed E-state index contributed by atoms with van der Waals surface area (Å²) in [6.45, 7) is 1.38. The number of carbonyl (C=O) groups excluding carboxylic acids is 1. The Balaban J connectivity index is 2.22. The van der Waals surface area contributed by atoms with Crippen molar-refractivity contribution in [1.82, 2.24) is 15.5 Å². The highest BCUT2D eigenvalue weighted by Gasteiger charge is 2.20. The second kappa shape index (κ2) is 5.66. The van der Waals surface area contributed by atoms with E-state index < -0.39 is 17.9 Å². The number of carboxylic acids is 1. The Bertz CT molecular complexity index is 652. The number of rotatable bonds is 5. The Kier molecular flexibility index (Phi) is 3.94. The number of aromatic nitrogens is 2. The summed E-state index contributed by atoms with van der Waals surface area (Å²) < 4.78 is 4.92. The van der Waals surface area contributed by atoms with Gasteiger partial charge in [0.1, 0.15) is 6.04 Å². The molecule has 0 spiro atoms. The Labute approximate surface area is 113 Å². The molecule has 1 atom stereocenters. The summed E-state index contributed by atoms with van der Waals surface area (Å²) in [4.78, 5) is 26.8. The molecule has 3 N–H and O–H groups in total. The number of aliphatic hydroxyl groups excluding tert-OH is 1. The molecule has 2 rings (SSSR count). The van der Waals surface area contributed by atoms with Crippen molar-refractivity contribution in [2.45, 2.75) is 19.4 Å². The second-order valence-corrected chi connectivity index (χ2v) is 4.22. The van der Waals surface area contributed by atoms with Crippen LogP contribution in [0.3, 0.4) is 0 Å². The van der Waals surface area contributed by atoms with E-state index in [1.165, 1.54) is 12.3 Å². The van der Waals surface area contributed by atoms with Gasteiger partial charge in [0.2, 0.25) is 0 Å². The van der Waals surface area contributed by atoms with E-state index in [0.29, 0.717) is 16.8 Å². The molecule has 0 aliphatic rings. The molecule has 0 aliphatic carbocycles. The zero-order valence-electron chi connectivity index (χ0n) is 10.7. The van der Waals surface area contributed by atoms with Crippen LogP contribution in [0, 0.1) is 6.92 Å². The van der Waals surface area contributed by atoms with Gasteiger partial charge in [0, 0.05) is 19.2 Å². The summed E-state index contributed by atoms with van der Waals surface area (Å²) >= 11 is 0. The smallest absolute Gasteiger partial charge is 0.326 e. The molecule has 106 valence electrons. The number of carbonyl (C=O) groups is 2. The maximum Gasteiger partial charge on any atom is 0.326 e. The van der Waals surface area contributed by atoms with Crippen LogP contribution in [-0.4, -0.2) is 44.9 Å². The number of hydrogen-bond donors (Lipinski definition) is 3. The number of hydrogen-bond acceptors (Lipinski definition) is 6. The number of amides is 1. The first-order chi connectivity index (χ1) is 9.52. The summed E-state index contributed by atoms with van der Waals surface area (Å²) in [5.74, 6) is -1.79. The molecular formula is C12H13N3O5. The summed E-state index contributed by atoms with van der Waals surface area (Å²) in [6, 6.07) is 0.383. The van der Waals surface area contributed by atoms with Crippen LogP contribution in [0.5, 0.6) is 0 Å². The first-order valence-corrected chi connectivity index (χ1v) is 5.89. The third kappa shape index (κ3) is 2.75. The van der Waals surface area contributed by atoms with Gasteiger partial charge in [0.25, 0.3) is 11.6 Å². The molecule has 0 bridgehead atoms. The van der Waals surface area contributed by atoms with E-state index in [1.54, 1.807) is 6.92 Å². The third-order valence-corrected chi connectivity index (χ3v) is 2.79. The minimum atomic E-state index is -1.21. The van der Waals surface area contributed by atoms with Crippen LogP contribution in [0.25, 0.3) is 11.1 Å². The quantitative estimate of drug-likeness (QED) is 0.708. The van der Waals surface area contributed by atoms with Gasteiger partial charge in [-0.25, -0.2) is 9.78 Å². The predicted molar refractivity (Wildman–Crippen MR) is 67.1 cm³/mol. The van der Waals surface area contributed by atoms with Crippen LogP contribution >= 0.6 is 0 Å². The molecule has 8 heteroatoms. The van der Waals surface area contributed by atoms with E-state index in [0.717, 1.165) is 0 Å². The van der Waals surface area contributed by atoms with Gasteiger partial charge < -0.3 is 20.1 Å². The van der Waals surface area contributed by atoms with Crippen LogP contribution < -0.4 is 5.32 Å². The Morgan fingerprint density at radius 3 is 2.90 bits per heavy atom. The highest BCUT2D eigenvalue weighted by atomic mass is 16.5. The molecule has 20 heavy (non-hydrogen) atoms. The number of aryl methyl sites for hydroxylation is 1. The van der Waals surface area contributed by atoms with Gasteiger partial charge in [-0.05, 0) is 13.0 Å². The van der Waals surface area contributed by atoms with Crippen LogP contribution in [0.4, 0.5) is 0 Å². The molecule has 0 saturated heterocycles. The predicted octanol–water partition coefficient (Wildman–Crippen LogP) is 0.0966. The van der Waals surface area contributed by atoms with E-state index in [9.17, 15) is 9.59 Å². The molecule has 0 radical (unpaired) electrons. The number of fused-ring (bicyclic) bond motifs is 1. The average molecular weight is 279 g/mol. The van der Waals surface area contributed by atoms with E-state index in [1.807, 2.05) is 0 Å². The molecular weight excluding hydrogens is 266 g/mol. The zero-order chi connectivity index (χ0) is 14.7. The zero-order valence-corrected chi connectivity index (χ0v) is 10.7. The van der Waals surface area contributed by atoms with Crippen LogP contribution in [0.15, 0.2) is 16.8 Å². The lowest BCUT2D eigenvalue weighted by atomic mass is 10.1. The van der Waals surface area contributed by atoms with Crippen LogP contribution in [0.1, 0.15) is 22.5 Å². The molecule has 2 aromatic heterocycles. The highest BCUT2D eigenvalue weighted by molar-refractivity contribution is 5.98. The van der Waals surface area contributed by atoms with Crippen molar-refractivity contribution in [2.75, 3.05) is 6.61 Å². The van der Waals surface area contributed by atoms with Gasteiger partial charge in [-0.1, -0.05) is 5.16 Å². The van der Waals surface area contributed by atoms with Crippen molar-refractivity contribution in [3.63, 3.8) is 0 Å². The minimum Gasteiger partial charge on any atom is -0.480 e. The molecule has 0 aromatic carbocycles. The SMILES string of the molecule is Cc1noc2ncc(C(=O)NC(CCO)C(=O)O)cc12. The van der Waals surface area contributed by atoms with Crippen molar-refractivity contribution < 1.29 is 24.3 Å². The Hall–Kier alpha value is -2.48. The van der Waals surface area contributed by atoms with Crippen molar-refractivity contribution in [2.24, 2.45) is 0 Å². The van der Waals surface area contributed by atoms with Crippen LogP contribution in [-0.2, 0) is 4.79 Å². The summed E-state index contributed by atoms with van der Waals surface area (Å²) in [7, 11) is 0. The van der Waals surface area contributed by atoms with Gasteiger partial charge in [-0.15, -0.1) is 0 Å². The highest BCUT2D eigenvalue weighted by Crippen LogP contribution is 2.16. The number of nitrogens with one attached hydrogen (secondary N) is 1.